The van der Waals surface area contributed by atoms with Crippen LogP contribution in [-0.4, -0.2) is 70.5 Å². The Hall–Kier alpha value is -3.02. The molecule has 0 aliphatic heterocycles. The molecule has 0 saturated heterocycles. The molecule has 1 amide bonds. The molecule has 0 aliphatic carbocycles. The van der Waals surface area contributed by atoms with Gasteiger partial charge in [0.1, 0.15) is 6.10 Å². The van der Waals surface area contributed by atoms with E-state index in [0.717, 1.165) is 0 Å². The third kappa shape index (κ3) is 7.86. The first kappa shape index (κ1) is 26.0. The lowest BCUT2D eigenvalue weighted by Crippen LogP contribution is -2.60. The molecular formula is C18H25NO10. The SMILES string of the molecule is C=C(C)C(=O)OCC(OC(=O)C(=C)C)(OC(=O)C(=C)C)C(=O)NC(O)C(O)CO. The maximum Gasteiger partial charge on any atom is 0.372 e. The molecule has 11 nitrogen and oxygen atoms in total. The Kier molecular flexibility index (Phi) is 9.94. The molecule has 0 fully saturated rings. The first-order valence-electron chi connectivity index (χ1n) is 8.15. The van der Waals surface area contributed by atoms with Crippen molar-refractivity contribution in [3.05, 3.63) is 36.5 Å². The Morgan fingerprint density at radius 3 is 1.66 bits per heavy atom. The van der Waals surface area contributed by atoms with Gasteiger partial charge in [0.15, 0.2) is 12.8 Å². The number of carbonyl (C=O) groups is 4. The van der Waals surface area contributed by atoms with Crippen molar-refractivity contribution in [3.8, 4) is 0 Å². The minimum atomic E-state index is -2.91. The molecule has 4 N–H and O–H groups in total. The number of aliphatic hydroxyl groups excluding tert-OH is 3. The molecule has 0 aromatic heterocycles. The van der Waals surface area contributed by atoms with Gasteiger partial charge in [-0.1, -0.05) is 19.7 Å². The highest BCUT2D eigenvalue weighted by Crippen LogP contribution is 2.20. The molecule has 11 heteroatoms. The number of rotatable bonds is 11. The van der Waals surface area contributed by atoms with Gasteiger partial charge in [0.2, 0.25) is 0 Å². The highest BCUT2D eigenvalue weighted by atomic mass is 16.8. The van der Waals surface area contributed by atoms with E-state index in [4.69, 9.17) is 19.3 Å². The van der Waals surface area contributed by atoms with E-state index in [2.05, 4.69) is 19.7 Å². The van der Waals surface area contributed by atoms with Gasteiger partial charge in [0.25, 0.3) is 0 Å². The van der Waals surface area contributed by atoms with E-state index < -0.39 is 55.1 Å². The average molecular weight is 415 g/mol. The molecule has 0 aromatic carbocycles. The van der Waals surface area contributed by atoms with Crippen molar-refractivity contribution in [1.29, 1.82) is 0 Å². The molecule has 0 bridgehead atoms. The van der Waals surface area contributed by atoms with E-state index in [1.54, 1.807) is 5.32 Å². The zero-order valence-electron chi connectivity index (χ0n) is 16.4. The predicted molar refractivity (Wildman–Crippen MR) is 97.6 cm³/mol. The quantitative estimate of drug-likeness (QED) is 0.183. The summed E-state index contributed by atoms with van der Waals surface area (Å²) in [6.07, 6.45) is -3.86. The van der Waals surface area contributed by atoms with Crippen LogP contribution < -0.4 is 5.32 Å². The number of aliphatic hydroxyl groups is 3. The average Bonchev–Trinajstić information content (AvgIpc) is 2.64. The van der Waals surface area contributed by atoms with Gasteiger partial charge in [-0.15, -0.1) is 0 Å². The minimum Gasteiger partial charge on any atom is -0.453 e. The van der Waals surface area contributed by atoms with E-state index >= 15 is 0 Å². The molecule has 0 saturated carbocycles. The van der Waals surface area contributed by atoms with Crippen LogP contribution in [0.4, 0.5) is 0 Å². The zero-order valence-corrected chi connectivity index (χ0v) is 16.4. The second-order valence-corrected chi connectivity index (χ2v) is 6.12. The van der Waals surface area contributed by atoms with E-state index in [1.807, 2.05) is 0 Å². The predicted octanol–water partition coefficient (Wildman–Crippen LogP) is -1.17. The molecule has 0 heterocycles. The highest BCUT2D eigenvalue weighted by Gasteiger charge is 2.50. The Morgan fingerprint density at radius 1 is 0.897 bits per heavy atom. The second kappa shape index (κ2) is 11.1. The van der Waals surface area contributed by atoms with Gasteiger partial charge in [0.05, 0.1) is 6.61 Å². The summed E-state index contributed by atoms with van der Waals surface area (Å²) in [5.41, 5.74) is -0.473. The van der Waals surface area contributed by atoms with Crippen LogP contribution in [0, 0.1) is 0 Å². The first-order valence-corrected chi connectivity index (χ1v) is 8.15. The molecule has 0 aromatic rings. The van der Waals surface area contributed by atoms with Crippen molar-refractivity contribution < 1.29 is 48.7 Å². The summed E-state index contributed by atoms with van der Waals surface area (Å²) in [5.74, 6) is -7.78. The van der Waals surface area contributed by atoms with E-state index in [1.165, 1.54) is 20.8 Å². The van der Waals surface area contributed by atoms with Gasteiger partial charge in [-0.25, -0.2) is 14.4 Å². The summed E-state index contributed by atoms with van der Waals surface area (Å²) >= 11 is 0. The van der Waals surface area contributed by atoms with Crippen LogP contribution in [0.5, 0.6) is 0 Å². The Labute approximate surface area is 167 Å². The fourth-order valence-electron chi connectivity index (χ4n) is 1.44. The maximum absolute atomic E-state index is 12.7. The van der Waals surface area contributed by atoms with Gasteiger partial charge in [-0.05, 0) is 20.8 Å². The lowest BCUT2D eigenvalue weighted by atomic mass is 10.2. The van der Waals surface area contributed by atoms with Gasteiger partial charge >= 0.3 is 29.6 Å². The van der Waals surface area contributed by atoms with Crippen LogP contribution in [0.3, 0.4) is 0 Å². The van der Waals surface area contributed by atoms with Crippen LogP contribution >= 0.6 is 0 Å². The van der Waals surface area contributed by atoms with Crippen molar-refractivity contribution in [2.75, 3.05) is 13.2 Å². The Morgan fingerprint density at radius 2 is 1.31 bits per heavy atom. The number of ether oxygens (including phenoxy) is 3. The molecule has 0 spiro atoms. The summed E-state index contributed by atoms with van der Waals surface area (Å²) in [6.45, 7) is 11.7. The zero-order chi connectivity index (χ0) is 22.9. The lowest BCUT2D eigenvalue weighted by Gasteiger charge is -2.32. The van der Waals surface area contributed by atoms with Gasteiger partial charge in [-0.2, -0.15) is 0 Å². The molecule has 29 heavy (non-hydrogen) atoms. The van der Waals surface area contributed by atoms with Crippen LogP contribution in [0.2, 0.25) is 0 Å². The Bertz CT molecular complexity index is 683. The van der Waals surface area contributed by atoms with Gasteiger partial charge < -0.3 is 34.8 Å². The monoisotopic (exact) mass is 415 g/mol. The Balaban J connectivity index is 6.11. The van der Waals surface area contributed by atoms with Crippen molar-refractivity contribution in [2.45, 2.75) is 38.9 Å². The van der Waals surface area contributed by atoms with Crippen LogP contribution in [0.1, 0.15) is 20.8 Å². The molecule has 162 valence electrons. The molecule has 0 rings (SSSR count). The van der Waals surface area contributed by atoms with Crippen LogP contribution in [0.25, 0.3) is 0 Å². The van der Waals surface area contributed by atoms with Crippen molar-refractivity contribution in [2.24, 2.45) is 0 Å². The number of esters is 3. The van der Waals surface area contributed by atoms with E-state index in [9.17, 15) is 29.4 Å². The molecule has 2 atom stereocenters. The molecular weight excluding hydrogens is 390 g/mol. The van der Waals surface area contributed by atoms with E-state index in [0.29, 0.717) is 0 Å². The van der Waals surface area contributed by atoms with E-state index in [-0.39, 0.29) is 16.7 Å². The summed E-state index contributed by atoms with van der Waals surface area (Å²) < 4.78 is 14.7. The summed E-state index contributed by atoms with van der Waals surface area (Å²) in [7, 11) is 0. The third-order valence-corrected chi connectivity index (χ3v) is 3.13. The largest absolute Gasteiger partial charge is 0.453 e. The number of amides is 1. The fourth-order valence-corrected chi connectivity index (χ4v) is 1.44. The lowest BCUT2D eigenvalue weighted by molar-refractivity contribution is -0.237. The van der Waals surface area contributed by atoms with Crippen LogP contribution in [0.15, 0.2) is 36.5 Å². The normalized spacial score (nSPS) is 12.8. The maximum atomic E-state index is 12.7. The van der Waals surface area contributed by atoms with Gasteiger partial charge in [-0.3, -0.25) is 4.79 Å². The van der Waals surface area contributed by atoms with Crippen LogP contribution in [-0.2, 0) is 33.4 Å². The summed E-state index contributed by atoms with van der Waals surface area (Å²) in [4.78, 5) is 48.5. The summed E-state index contributed by atoms with van der Waals surface area (Å²) in [6, 6.07) is 0. The first-order chi connectivity index (χ1) is 13.3. The fraction of sp³-hybridized carbons (Fsp3) is 0.444. The highest BCUT2D eigenvalue weighted by molar-refractivity contribution is 5.96. The number of hydrogen-bond donors (Lipinski definition) is 4. The molecule has 0 aliphatic rings. The minimum absolute atomic E-state index is 0.0764. The standard InChI is InChI=1S/C18H25NO10/c1-9(2)14(23)27-8-18(28-15(24)10(3)4,29-16(25)11(5)6)17(26)19-13(22)12(21)7-20/h12-13,20-22H,1,3,5,7-8H2,2,4,6H3,(H,19,26). The molecule has 2 unspecified atom stereocenters. The topological polar surface area (TPSA) is 169 Å². The number of hydrogen-bond acceptors (Lipinski definition) is 10. The summed E-state index contributed by atoms with van der Waals surface area (Å²) in [5, 5.41) is 29.8. The second-order valence-electron chi connectivity index (χ2n) is 6.12. The number of carbonyl (C=O) groups excluding carboxylic acids is 4. The van der Waals surface area contributed by atoms with Crippen molar-refractivity contribution in [1.82, 2.24) is 5.32 Å². The molecule has 0 radical (unpaired) electrons. The third-order valence-electron chi connectivity index (χ3n) is 3.13. The number of nitrogens with one attached hydrogen (secondary N) is 1. The van der Waals surface area contributed by atoms with Crippen molar-refractivity contribution >= 4 is 23.8 Å². The van der Waals surface area contributed by atoms with Crippen molar-refractivity contribution in [3.63, 3.8) is 0 Å². The van der Waals surface area contributed by atoms with Gasteiger partial charge in [0, 0.05) is 16.7 Å². The smallest absolute Gasteiger partial charge is 0.372 e.